The third kappa shape index (κ3) is 32.8. The van der Waals surface area contributed by atoms with Crippen molar-refractivity contribution in [1.29, 1.82) is 0 Å². The minimum atomic E-state index is 0.122. The lowest BCUT2D eigenvalue weighted by Crippen LogP contribution is -1.91. The van der Waals surface area contributed by atoms with Gasteiger partial charge in [0.1, 0.15) is 0 Å². The molecule has 0 heterocycles. The lowest BCUT2D eigenvalue weighted by molar-refractivity contribution is 0.135. The average Bonchev–Trinajstić information content (AvgIpc) is 1.91. The van der Waals surface area contributed by atoms with Gasteiger partial charge in [-0.05, 0) is 6.92 Å². The largest absolute Gasteiger partial charge is 0.394 e. The van der Waals surface area contributed by atoms with Gasteiger partial charge in [0.15, 0.2) is 0 Å². The first-order chi connectivity index (χ1) is 4.33. The minimum absolute atomic E-state index is 0.122. The first kappa shape index (κ1) is 11.6. The molecule has 0 aromatic rings. The number of ether oxygens (including phenoxy) is 2. The normalized spacial score (nSPS) is 8.00. The number of aliphatic hydroxyl groups is 1. The van der Waals surface area contributed by atoms with Gasteiger partial charge < -0.3 is 14.6 Å². The molecule has 3 nitrogen and oxygen atoms in total. The zero-order valence-corrected chi connectivity index (χ0v) is 6.39. The highest BCUT2D eigenvalue weighted by Crippen LogP contribution is 1.56. The lowest BCUT2D eigenvalue weighted by Gasteiger charge is -1.84. The van der Waals surface area contributed by atoms with Crippen LogP contribution < -0.4 is 0 Å². The Labute approximate surface area is 56.6 Å². The average molecular weight is 136 g/mol. The fourth-order valence-electron chi connectivity index (χ4n) is 0.0913. The summed E-state index contributed by atoms with van der Waals surface area (Å²) in [7, 11) is 3.23. The van der Waals surface area contributed by atoms with E-state index in [9.17, 15) is 0 Å². The first-order valence-corrected chi connectivity index (χ1v) is 2.92. The van der Waals surface area contributed by atoms with Gasteiger partial charge in [-0.1, -0.05) is 0 Å². The highest BCUT2D eigenvalue weighted by molar-refractivity contribution is 4.12. The number of hydrogen-bond donors (Lipinski definition) is 1. The molecule has 0 unspecified atom stereocenters. The van der Waals surface area contributed by atoms with E-state index in [2.05, 4.69) is 9.47 Å². The number of methoxy groups -OCH3 is 2. The molecule has 3 heteroatoms. The van der Waals surface area contributed by atoms with E-state index >= 15 is 0 Å². The summed E-state index contributed by atoms with van der Waals surface area (Å²) in [5, 5.41) is 7.94. The van der Waals surface area contributed by atoms with Crippen molar-refractivity contribution in [1.82, 2.24) is 0 Å². The van der Waals surface area contributed by atoms with Crippen LogP contribution in [0.15, 0.2) is 0 Å². The molecule has 0 aromatic heterocycles. The summed E-state index contributed by atoms with van der Waals surface area (Å²) in [6, 6.07) is 0. The Balaban J connectivity index is 0. The van der Waals surface area contributed by atoms with E-state index in [1.165, 1.54) is 0 Å². The van der Waals surface area contributed by atoms with Crippen LogP contribution in [-0.4, -0.2) is 39.1 Å². The van der Waals surface area contributed by atoms with E-state index in [4.69, 9.17) is 5.11 Å². The Morgan fingerprint density at radius 3 is 1.67 bits per heavy atom. The molecule has 0 rings (SSSR count). The molecule has 0 aliphatic carbocycles. The van der Waals surface area contributed by atoms with Crippen molar-refractivity contribution >= 4 is 0 Å². The standard InChI is InChI=1S/C3H8O2.C3H8O/c1-5-3-2-4;1-3-4-2/h4H,2-3H2,1H3;3H2,1-2H3. The second kappa shape index (κ2) is 15.7. The van der Waals surface area contributed by atoms with Gasteiger partial charge in [-0.2, -0.15) is 0 Å². The third-order valence-corrected chi connectivity index (χ3v) is 0.584. The monoisotopic (exact) mass is 136 g/mol. The molecule has 0 spiro atoms. The van der Waals surface area contributed by atoms with Crippen LogP contribution in [0.4, 0.5) is 0 Å². The summed E-state index contributed by atoms with van der Waals surface area (Å²) in [6.45, 7) is 3.34. The van der Waals surface area contributed by atoms with Gasteiger partial charge in [0.2, 0.25) is 0 Å². The van der Waals surface area contributed by atoms with Crippen LogP contribution >= 0.6 is 0 Å². The fourth-order valence-corrected chi connectivity index (χ4v) is 0.0913. The van der Waals surface area contributed by atoms with Crippen LogP contribution in [0.25, 0.3) is 0 Å². The second-order valence-corrected chi connectivity index (χ2v) is 1.29. The van der Waals surface area contributed by atoms with E-state index in [0.717, 1.165) is 6.61 Å². The maximum absolute atomic E-state index is 7.94. The molecule has 1 N–H and O–H groups in total. The van der Waals surface area contributed by atoms with Crippen LogP contribution in [-0.2, 0) is 9.47 Å². The van der Waals surface area contributed by atoms with Gasteiger partial charge >= 0.3 is 0 Å². The van der Waals surface area contributed by atoms with Crippen molar-refractivity contribution < 1.29 is 14.6 Å². The summed E-state index contributed by atoms with van der Waals surface area (Å²) in [5.41, 5.74) is 0. The molecule has 0 saturated carbocycles. The second-order valence-electron chi connectivity index (χ2n) is 1.29. The van der Waals surface area contributed by atoms with Gasteiger partial charge in [-0.3, -0.25) is 0 Å². The van der Waals surface area contributed by atoms with Crippen LogP contribution in [0.3, 0.4) is 0 Å². The topological polar surface area (TPSA) is 38.7 Å². The van der Waals surface area contributed by atoms with Gasteiger partial charge in [0.25, 0.3) is 0 Å². The number of hydrogen-bond acceptors (Lipinski definition) is 3. The van der Waals surface area contributed by atoms with Gasteiger partial charge in [0, 0.05) is 20.8 Å². The van der Waals surface area contributed by atoms with Gasteiger partial charge in [0.05, 0.1) is 13.2 Å². The van der Waals surface area contributed by atoms with Crippen LogP contribution in [0.1, 0.15) is 6.92 Å². The van der Waals surface area contributed by atoms with Gasteiger partial charge in [-0.25, -0.2) is 0 Å². The molecule has 0 aliphatic heterocycles. The number of rotatable bonds is 3. The summed E-state index contributed by atoms with van der Waals surface area (Å²) in [4.78, 5) is 0. The molecular weight excluding hydrogens is 120 g/mol. The molecule has 58 valence electrons. The van der Waals surface area contributed by atoms with Crippen LogP contribution in [0.5, 0.6) is 0 Å². The molecule has 0 aliphatic rings. The highest BCUT2D eigenvalue weighted by atomic mass is 16.5. The summed E-state index contributed by atoms with van der Waals surface area (Å²) in [6.07, 6.45) is 0. The van der Waals surface area contributed by atoms with Crippen molar-refractivity contribution in [2.24, 2.45) is 0 Å². The quantitative estimate of drug-likeness (QED) is 0.605. The predicted molar refractivity (Wildman–Crippen MR) is 36.5 cm³/mol. The van der Waals surface area contributed by atoms with E-state index in [-0.39, 0.29) is 6.61 Å². The van der Waals surface area contributed by atoms with Gasteiger partial charge in [-0.15, -0.1) is 0 Å². The predicted octanol–water partition coefficient (Wildman–Crippen LogP) is 0.278. The Bertz CT molecular complexity index is 27.5. The summed E-state index contributed by atoms with van der Waals surface area (Å²) in [5.74, 6) is 0. The molecule has 0 fully saturated rings. The maximum Gasteiger partial charge on any atom is 0.0693 e. The van der Waals surface area contributed by atoms with Crippen molar-refractivity contribution in [2.75, 3.05) is 34.0 Å². The van der Waals surface area contributed by atoms with Crippen molar-refractivity contribution in [3.05, 3.63) is 0 Å². The van der Waals surface area contributed by atoms with E-state index < -0.39 is 0 Å². The highest BCUT2D eigenvalue weighted by Gasteiger charge is 1.67. The fraction of sp³-hybridized carbons (Fsp3) is 1.00. The maximum atomic E-state index is 7.94. The SMILES string of the molecule is CCOC.COCCO. The molecule has 0 saturated heterocycles. The Hall–Kier alpha value is -0.120. The minimum Gasteiger partial charge on any atom is -0.394 e. The molecule has 0 atom stereocenters. The molecule has 0 aromatic carbocycles. The van der Waals surface area contributed by atoms with E-state index in [0.29, 0.717) is 6.61 Å². The summed E-state index contributed by atoms with van der Waals surface area (Å²) < 4.78 is 8.98. The Morgan fingerprint density at radius 1 is 1.22 bits per heavy atom. The van der Waals surface area contributed by atoms with Crippen LogP contribution in [0, 0.1) is 0 Å². The van der Waals surface area contributed by atoms with Crippen molar-refractivity contribution in [2.45, 2.75) is 6.92 Å². The van der Waals surface area contributed by atoms with Crippen molar-refractivity contribution in [3.8, 4) is 0 Å². The molecule has 9 heavy (non-hydrogen) atoms. The molecule has 0 bridgehead atoms. The zero-order valence-electron chi connectivity index (χ0n) is 6.39. The smallest absolute Gasteiger partial charge is 0.0693 e. The third-order valence-electron chi connectivity index (χ3n) is 0.584. The summed E-state index contributed by atoms with van der Waals surface area (Å²) >= 11 is 0. The van der Waals surface area contributed by atoms with Crippen molar-refractivity contribution in [3.63, 3.8) is 0 Å². The molecular formula is C6H16O3. The van der Waals surface area contributed by atoms with E-state index in [1.807, 2.05) is 6.92 Å². The Morgan fingerprint density at radius 2 is 1.67 bits per heavy atom. The molecule has 0 radical (unpaired) electrons. The molecule has 0 amide bonds. The Kier molecular flexibility index (Phi) is 20.3. The van der Waals surface area contributed by atoms with E-state index in [1.54, 1.807) is 14.2 Å². The zero-order chi connectivity index (χ0) is 7.54. The first-order valence-electron chi connectivity index (χ1n) is 2.92. The number of aliphatic hydroxyl groups excluding tert-OH is 1. The lowest BCUT2D eigenvalue weighted by atomic mass is 10.8. The van der Waals surface area contributed by atoms with Crippen LogP contribution in [0.2, 0.25) is 0 Å².